The van der Waals surface area contributed by atoms with E-state index in [1.54, 1.807) is 44.6 Å². The molecule has 0 spiro atoms. The summed E-state index contributed by atoms with van der Waals surface area (Å²) < 4.78 is 21.4. The van der Waals surface area contributed by atoms with Crippen LogP contribution >= 0.6 is 0 Å². The van der Waals surface area contributed by atoms with Crippen LogP contribution < -0.4 is 14.2 Å². The van der Waals surface area contributed by atoms with Gasteiger partial charge >= 0.3 is 5.97 Å². The Balaban J connectivity index is 1.97. The molecule has 1 aliphatic heterocycles. The fourth-order valence-corrected chi connectivity index (χ4v) is 2.53. The van der Waals surface area contributed by atoms with Crippen LogP contribution in [0.25, 0.3) is 6.08 Å². The summed E-state index contributed by atoms with van der Waals surface area (Å²) in [5, 5.41) is 0. The minimum Gasteiger partial charge on any atom is -0.497 e. The van der Waals surface area contributed by atoms with Gasteiger partial charge < -0.3 is 18.9 Å². The van der Waals surface area contributed by atoms with Crippen LogP contribution in [0.15, 0.2) is 53.2 Å². The van der Waals surface area contributed by atoms with Crippen molar-refractivity contribution in [1.29, 1.82) is 0 Å². The maximum absolute atomic E-state index is 12.2. The third-order valence-corrected chi connectivity index (χ3v) is 3.77. The Bertz CT molecular complexity index is 886. The van der Waals surface area contributed by atoms with E-state index in [-0.39, 0.29) is 11.6 Å². The number of rotatable bonds is 6. The van der Waals surface area contributed by atoms with E-state index in [9.17, 15) is 4.79 Å². The maximum atomic E-state index is 12.2. The van der Waals surface area contributed by atoms with Crippen molar-refractivity contribution in [2.24, 2.45) is 4.99 Å². The van der Waals surface area contributed by atoms with Crippen LogP contribution in [-0.2, 0) is 9.53 Å². The molecule has 6 nitrogen and oxygen atoms in total. The Morgan fingerprint density at radius 1 is 1.08 bits per heavy atom. The molecule has 0 N–H and O–H groups in total. The van der Waals surface area contributed by atoms with E-state index >= 15 is 0 Å². The molecule has 0 radical (unpaired) electrons. The minimum atomic E-state index is -0.524. The molecule has 0 aliphatic carbocycles. The van der Waals surface area contributed by atoms with Crippen LogP contribution in [0.3, 0.4) is 0 Å². The lowest BCUT2D eigenvalue weighted by molar-refractivity contribution is -0.129. The van der Waals surface area contributed by atoms with E-state index in [0.717, 1.165) is 0 Å². The SMILES string of the molecule is CCOc1ccccc1C1=N/C(=C\c2ccc(OC)cc2OC)C(=O)O1. The summed E-state index contributed by atoms with van der Waals surface area (Å²) in [5.41, 5.74) is 1.52. The van der Waals surface area contributed by atoms with Gasteiger partial charge in [0.2, 0.25) is 5.90 Å². The predicted molar refractivity (Wildman–Crippen MR) is 97.8 cm³/mol. The van der Waals surface area contributed by atoms with Gasteiger partial charge in [0.25, 0.3) is 0 Å². The summed E-state index contributed by atoms with van der Waals surface area (Å²) in [6.45, 7) is 2.39. The third-order valence-electron chi connectivity index (χ3n) is 3.77. The zero-order valence-electron chi connectivity index (χ0n) is 14.8. The Hall–Kier alpha value is -3.28. The van der Waals surface area contributed by atoms with Crippen LogP contribution in [0.1, 0.15) is 18.1 Å². The fourth-order valence-electron chi connectivity index (χ4n) is 2.53. The number of nitrogens with zero attached hydrogens (tertiary/aromatic N) is 1. The van der Waals surface area contributed by atoms with Gasteiger partial charge in [-0.15, -0.1) is 0 Å². The molecular weight excluding hydrogens is 334 g/mol. The van der Waals surface area contributed by atoms with Crippen molar-refractivity contribution in [2.75, 3.05) is 20.8 Å². The highest BCUT2D eigenvalue weighted by molar-refractivity contribution is 6.13. The van der Waals surface area contributed by atoms with Gasteiger partial charge in [-0.25, -0.2) is 9.79 Å². The number of esters is 1. The summed E-state index contributed by atoms with van der Waals surface area (Å²) in [6, 6.07) is 12.6. The number of hydrogen-bond donors (Lipinski definition) is 0. The standard InChI is InChI=1S/C20H19NO5/c1-4-25-17-8-6-5-7-15(17)19-21-16(20(22)26-19)11-13-9-10-14(23-2)12-18(13)24-3/h5-12H,4H2,1-3H3/b16-11-. The number of carbonyl (C=O) groups excluding carboxylic acids is 1. The Kier molecular flexibility index (Phi) is 5.22. The molecule has 3 rings (SSSR count). The number of aliphatic imine (C=N–C) groups is 1. The molecular formula is C20H19NO5. The topological polar surface area (TPSA) is 66.3 Å². The molecule has 134 valence electrons. The molecule has 0 fully saturated rings. The second kappa shape index (κ2) is 7.74. The molecule has 0 bridgehead atoms. The van der Waals surface area contributed by atoms with Crippen LogP contribution in [0.5, 0.6) is 17.2 Å². The molecule has 26 heavy (non-hydrogen) atoms. The molecule has 0 aromatic heterocycles. The lowest BCUT2D eigenvalue weighted by atomic mass is 10.1. The van der Waals surface area contributed by atoms with E-state index in [2.05, 4.69) is 4.99 Å². The van der Waals surface area contributed by atoms with Crippen molar-refractivity contribution in [3.63, 3.8) is 0 Å². The molecule has 1 heterocycles. The zero-order chi connectivity index (χ0) is 18.5. The summed E-state index contributed by atoms with van der Waals surface area (Å²) in [6.07, 6.45) is 1.62. The van der Waals surface area contributed by atoms with Crippen LogP contribution in [0.4, 0.5) is 0 Å². The lowest BCUT2D eigenvalue weighted by Crippen LogP contribution is -2.07. The van der Waals surface area contributed by atoms with Crippen LogP contribution in [0, 0.1) is 0 Å². The minimum absolute atomic E-state index is 0.190. The van der Waals surface area contributed by atoms with Gasteiger partial charge in [0.05, 0.1) is 26.4 Å². The monoisotopic (exact) mass is 353 g/mol. The van der Waals surface area contributed by atoms with Crippen LogP contribution in [-0.4, -0.2) is 32.7 Å². The molecule has 1 aliphatic rings. The predicted octanol–water partition coefficient (Wildman–Crippen LogP) is 3.45. The van der Waals surface area contributed by atoms with Crippen LogP contribution in [0.2, 0.25) is 0 Å². The van der Waals surface area contributed by atoms with E-state index in [0.29, 0.717) is 35.0 Å². The number of hydrogen-bond acceptors (Lipinski definition) is 6. The van der Waals surface area contributed by atoms with Crippen molar-refractivity contribution >= 4 is 17.9 Å². The number of cyclic esters (lactones) is 1. The smallest absolute Gasteiger partial charge is 0.363 e. The number of benzene rings is 2. The quantitative estimate of drug-likeness (QED) is 0.588. The summed E-state index contributed by atoms with van der Waals surface area (Å²) in [5.74, 6) is 1.54. The average molecular weight is 353 g/mol. The van der Waals surface area contributed by atoms with Crippen molar-refractivity contribution in [3.05, 3.63) is 59.3 Å². The van der Waals surface area contributed by atoms with E-state index < -0.39 is 5.97 Å². The van der Waals surface area contributed by atoms with Crippen molar-refractivity contribution in [1.82, 2.24) is 0 Å². The number of para-hydroxylation sites is 1. The second-order valence-electron chi connectivity index (χ2n) is 5.37. The van der Waals surface area contributed by atoms with E-state index in [1.807, 2.05) is 25.1 Å². The molecule has 2 aromatic rings. The Morgan fingerprint density at radius 3 is 2.62 bits per heavy atom. The first-order valence-electron chi connectivity index (χ1n) is 8.13. The Morgan fingerprint density at radius 2 is 1.88 bits per heavy atom. The maximum Gasteiger partial charge on any atom is 0.363 e. The highest BCUT2D eigenvalue weighted by Gasteiger charge is 2.26. The van der Waals surface area contributed by atoms with Gasteiger partial charge in [-0.05, 0) is 37.3 Å². The zero-order valence-corrected chi connectivity index (χ0v) is 14.8. The molecule has 0 atom stereocenters. The fraction of sp³-hybridized carbons (Fsp3) is 0.200. The summed E-state index contributed by atoms with van der Waals surface area (Å²) >= 11 is 0. The Labute approximate surface area is 151 Å². The number of carbonyl (C=O) groups is 1. The van der Waals surface area contributed by atoms with E-state index in [4.69, 9.17) is 18.9 Å². The van der Waals surface area contributed by atoms with E-state index in [1.165, 1.54) is 0 Å². The molecule has 0 saturated carbocycles. The first kappa shape index (κ1) is 17.5. The average Bonchev–Trinajstić information content (AvgIpc) is 3.03. The molecule has 0 saturated heterocycles. The van der Waals surface area contributed by atoms with Crippen molar-refractivity contribution in [3.8, 4) is 17.2 Å². The summed E-state index contributed by atoms with van der Waals surface area (Å²) in [4.78, 5) is 16.6. The highest BCUT2D eigenvalue weighted by Crippen LogP contribution is 2.29. The van der Waals surface area contributed by atoms with Gasteiger partial charge in [-0.2, -0.15) is 0 Å². The third kappa shape index (κ3) is 3.54. The number of methoxy groups -OCH3 is 2. The van der Waals surface area contributed by atoms with Gasteiger partial charge in [0, 0.05) is 11.6 Å². The van der Waals surface area contributed by atoms with Gasteiger partial charge in [-0.1, -0.05) is 12.1 Å². The van der Waals surface area contributed by atoms with Gasteiger partial charge in [-0.3, -0.25) is 0 Å². The normalized spacial score (nSPS) is 14.8. The lowest BCUT2D eigenvalue weighted by Gasteiger charge is -2.08. The highest BCUT2D eigenvalue weighted by atomic mass is 16.6. The number of ether oxygens (including phenoxy) is 4. The van der Waals surface area contributed by atoms with Crippen molar-refractivity contribution < 1.29 is 23.7 Å². The van der Waals surface area contributed by atoms with Gasteiger partial charge in [0.15, 0.2) is 5.70 Å². The molecule has 6 heteroatoms. The van der Waals surface area contributed by atoms with Gasteiger partial charge in [0.1, 0.15) is 17.2 Å². The summed E-state index contributed by atoms with van der Waals surface area (Å²) in [7, 11) is 3.13. The molecule has 2 aromatic carbocycles. The first-order chi connectivity index (χ1) is 12.7. The first-order valence-corrected chi connectivity index (χ1v) is 8.13. The largest absolute Gasteiger partial charge is 0.497 e. The second-order valence-corrected chi connectivity index (χ2v) is 5.37. The molecule has 0 unspecified atom stereocenters. The molecule has 0 amide bonds. The van der Waals surface area contributed by atoms with Crippen molar-refractivity contribution in [2.45, 2.75) is 6.92 Å².